The van der Waals surface area contributed by atoms with Crippen molar-refractivity contribution in [2.75, 3.05) is 31.7 Å². The van der Waals surface area contributed by atoms with E-state index in [0.29, 0.717) is 6.04 Å². The Hall–Kier alpha value is -1.06. The maximum atomic E-state index is 5.01. The summed E-state index contributed by atoms with van der Waals surface area (Å²) >= 11 is 0. The van der Waals surface area contributed by atoms with Gasteiger partial charge in [0, 0.05) is 38.5 Å². The van der Waals surface area contributed by atoms with Gasteiger partial charge in [0.2, 0.25) is 0 Å². The van der Waals surface area contributed by atoms with E-state index in [4.69, 9.17) is 4.74 Å². The summed E-state index contributed by atoms with van der Waals surface area (Å²) in [5, 5.41) is 3.36. The molecule has 1 aliphatic heterocycles. The van der Waals surface area contributed by atoms with Crippen LogP contribution in [0.2, 0.25) is 0 Å². The molecule has 0 radical (unpaired) electrons. The molecule has 1 atom stereocenters. The maximum absolute atomic E-state index is 5.01. The van der Waals surface area contributed by atoms with Crippen LogP contribution in [-0.4, -0.2) is 32.8 Å². The topological polar surface area (TPSA) is 24.5 Å². The quantitative estimate of drug-likeness (QED) is 0.782. The molecule has 0 bridgehead atoms. The number of benzene rings is 1. The Morgan fingerprint density at radius 2 is 2.11 bits per heavy atom. The highest BCUT2D eigenvalue weighted by Gasteiger charge is 2.19. The van der Waals surface area contributed by atoms with Gasteiger partial charge in [0.05, 0.1) is 6.61 Å². The van der Waals surface area contributed by atoms with Gasteiger partial charge in [0.25, 0.3) is 0 Å². The molecule has 0 amide bonds. The van der Waals surface area contributed by atoms with Gasteiger partial charge in [-0.2, -0.15) is 0 Å². The first-order chi connectivity index (χ1) is 8.81. The van der Waals surface area contributed by atoms with Crippen LogP contribution in [-0.2, 0) is 11.3 Å². The molecule has 3 nitrogen and oxygen atoms in total. The molecule has 3 heteroatoms. The summed E-state index contributed by atoms with van der Waals surface area (Å²) in [5.41, 5.74) is 2.70. The summed E-state index contributed by atoms with van der Waals surface area (Å²) in [7, 11) is 1.73. The predicted octanol–water partition coefficient (Wildman–Crippen LogP) is 2.41. The Kier molecular flexibility index (Phi) is 5.02. The van der Waals surface area contributed by atoms with Crippen molar-refractivity contribution in [3.05, 3.63) is 29.8 Å². The Balaban J connectivity index is 1.85. The standard InChI is InChI=1S/C15H24N2O/c1-13-4-3-10-17(13)15-7-5-14(6-8-15)12-16-9-11-18-2/h5-8,13,16H,3-4,9-12H2,1-2H3. The van der Waals surface area contributed by atoms with E-state index in [9.17, 15) is 0 Å². The molecule has 0 saturated carbocycles. The number of anilines is 1. The number of methoxy groups -OCH3 is 1. The lowest BCUT2D eigenvalue weighted by atomic mass is 10.2. The Morgan fingerprint density at radius 3 is 2.72 bits per heavy atom. The van der Waals surface area contributed by atoms with E-state index in [0.717, 1.165) is 19.7 Å². The second-order valence-corrected chi connectivity index (χ2v) is 5.02. The van der Waals surface area contributed by atoms with Crippen molar-refractivity contribution in [1.82, 2.24) is 5.32 Å². The number of hydrogen-bond acceptors (Lipinski definition) is 3. The van der Waals surface area contributed by atoms with E-state index in [1.165, 1.54) is 30.6 Å². The minimum Gasteiger partial charge on any atom is -0.383 e. The van der Waals surface area contributed by atoms with Crippen LogP contribution in [0.5, 0.6) is 0 Å². The van der Waals surface area contributed by atoms with Crippen molar-refractivity contribution in [2.24, 2.45) is 0 Å². The summed E-state index contributed by atoms with van der Waals surface area (Å²) in [4.78, 5) is 2.50. The van der Waals surface area contributed by atoms with Gasteiger partial charge < -0.3 is 15.0 Å². The van der Waals surface area contributed by atoms with Crippen LogP contribution < -0.4 is 10.2 Å². The van der Waals surface area contributed by atoms with E-state index in [2.05, 4.69) is 41.4 Å². The van der Waals surface area contributed by atoms with Crippen LogP contribution in [0, 0.1) is 0 Å². The molecule has 18 heavy (non-hydrogen) atoms. The largest absolute Gasteiger partial charge is 0.383 e. The first-order valence-electron chi connectivity index (χ1n) is 6.86. The van der Waals surface area contributed by atoms with E-state index in [-0.39, 0.29) is 0 Å². The van der Waals surface area contributed by atoms with Gasteiger partial charge in [-0.3, -0.25) is 0 Å². The molecular weight excluding hydrogens is 224 g/mol. The maximum Gasteiger partial charge on any atom is 0.0587 e. The van der Waals surface area contributed by atoms with Crippen LogP contribution in [0.3, 0.4) is 0 Å². The molecule has 1 aromatic rings. The number of rotatable bonds is 6. The van der Waals surface area contributed by atoms with Crippen molar-refractivity contribution in [3.8, 4) is 0 Å². The van der Waals surface area contributed by atoms with Crippen LogP contribution >= 0.6 is 0 Å². The summed E-state index contributed by atoms with van der Waals surface area (Å²) in [6, 6.07) is 9.63. The molecule has 1 N–H and O–H groups in total. The summed E-state index contributed by atoms with van der Waals surface area (Å²) in [5.74, 6) is 0. The highest BCUT2D eigenvalue weighted by atomic mass is 16.5. The van der Waals surface area contributed by atoms with E-state index >= 15 is 0 Å². The van der Waals surface area contributed by atoms with Gasteiger partial charge in [-0.05, 0) is 37.5 Å². The van der Waals surface area contributed by atoms with Gasteiger partial charge >= 0.3 is 0 Å². The van der Waals surface area contributed by atoms with E-state index in [1.54, 1.807) is 7.11 Å². The average molecular weight is 248 g/mol. The molecule has 2 rings (SSSR count). The van der Waals surface area contributed by atoms with Crippen molar-refractivity contribution in [1.29, 1.82) is 0 Å². The van der Waals surface area contributed by atoms with Gasteiger partial charge in [-0.15, -0.1) is 0 Å². The van der Waals surface area contributed by atoms with Gasteiger partial charge in [0.15, 0.2) is 0 Å². The fourth-order valence-corrected chi connectivity index (χ4v) is 2.53. The van der Waals surface area contributed by atoms with Crippen LogP contribution in [0.25, 0.3) is 0 Å². The fraction of sp³-hybridized carbons (Fsp3) is 0.600. The summed E-state index contributed by atoms with van der Waals surface area (Å²) in [6.45, 7) is 6.10. The van der Waals surface area contributed by atoms with Crippen LogP contribution in [0.4, 0.5) is 5.69 Å². The molecule has 1 heterocycles. The lowest BCUT2D eigenvalue weighted by molar-refractivity contribution is 0.199. The smallest absolute Gasteiger partial charge is 0.0587 e. The highest BCUT2D eigenvalue weighted by molar-refractivity contribution is 5.49. The fourth-order valence-electron chi connectivity index (χ4n) is 2.53. The van der Waals surface area contributed by atoms with Crippen molar-refractivity contribution < 1.29 is 4.74 Å². The van der Waals surface area contributed by atoms with Gasteiger partial charge in [-0.1, -0.05) is 12.1 Å². The first kappa shape index (κ1) is 13.4. The Labute approximate surface area is 110 Å². The Morgan fingerprint density at radius 1 is 1.33 bits per heavy atom. The number of ether oxygens (including phenoxy) is 1. The second-order valence-electron chi connectivity index (χ2n) is 5.02. The molecule has 1 aromatic carbocycles. The molecule has 1 aliphatic rings. The zero-order valence-electron chi connectivity index (χ0n) is 11.5. The second kappa shape index (κ2) is 6.76. The van der Waals surface area contributed by atoms with Crippen molar-refractivity contribution >= 4 is 5.69 Å². The number of hydrogen-bond donors (Lipinski definition) is 1. The molecule has 100 valence electrons. The van der Waals surface area contributed by atoms with Gasteiger partial charge in [0.1, 0.15) is 0 Å². The van der Waals surface area contributed by atoms with Crippen LogP contribution in [0.1, 0.15) is 25.3 Å². The Bertz CT molecular complexity index is 350. The third kappa shape index (κ3) is 3.47. The van der Waals surface area contributed by atoms with E-state index in [1.807, 2.05) is 0 Å². The SMILES string of the molecule is COCCNCc1ccc(N2CCCC2C)cc1. The zero-order valence-corrected chi connectivity index (χ0v) is 11.5. The highest BCUT2D eigenvalue weighted by Crippen LogP contribution is 2.25. The molecule has 0 aromatic heterocycles. The summed E-state index contributed by atoms with van der Waals surface area (Å²) in [6.07, 6.45) is 2.64. The minimum absolute atomic E-state index is 0.690. The number of nitrogens with zero attached hydrogens (tertiary/aromatic N) is 1. The van der Waals surface area contributed by atoms with Gasteiger partial charge in [-0.25, -0.2) is 0 Å². The first-order valence-corrected chi connectivity index (χ1v) is 6.86. The molecule has 1 unspecified atom stereocenters. The minimum atomic E-state index is 0.690. The monoisotopic (exact) mass is 248 g/mol. The molecule has 1 fully saturated rings. The van der Waals surface area contributed by atoms with E-state index < -0.39 is 0 Å². The van der Waals surface area contributed by atoms with Crippen molar-refractivity contribution in [3.63, 3.8) is 0 Å². The third-order valence-corrected chi connectivity index (χ3v) is 3.63. The van der Waals surface area contributed by atoms with Crippen LogP contribution in [0.15, 0.2) is 24.3 Å². The molecular formula is C15H24N2O. The molecule has 0 aliphatic carbocycles. The average Bonchev–Trinajstić information content (AvgIpc) is 2.82. The van der Waals surface area contributed by atoms with Crippen molar-refractivity contribution in [2.45, 2.75) is 32.4 Å². The summed E-state index contributed by atoms with van der Waals surface area (Å²) < 4.78 is 5.01. The lowest BCUT2D eigenvalue weighted by Gasteiger charge is -2.23. The molecule has 0 spiro atoms. The zero-order chi connectivity index (χ0) is 12.8. The third-order valence-electron chi connectivity index (χ3n) is 3.63. The molecule has 1 saturated heterocycles. The number of nitrogens with one attached hydrogen (secondary N) is 1. The lowest BCUT2D eigenvalue weighted by Crippen LogP contribution is -2.26. The normalized spacial score (nSPS) is 19.4. The predicted molar refractivity (Wildman–Crippen MR) is 76.1 cm³/mol.